The lowest BCUT2D eigenvalue weighted by molar-refractivity contribution is -0.115. The maximum atomic E-state index is 11.7. The number of ether oxygens (including phenoxy) is 1. The molecule has 0 aliphatic carbocycles. The van der Waals surface area contributed by atoms with E-state index in [9.17, 15) is 9.59 Å². The van der Waals surface area contributed by atoms with Crippen LogP contribution in [0.5, 0.6) is 0 Å². The minimum Gasteiger partial charge on any atom is -0.444 e. The van der Waals surface area contributed by atoms with Crippen LogP contribution < -0.4 is 10.6 Å². The highest BCUT2D eigenvalue weighted by atomic mass is 35.5. The molecular weight excluding hydrogens is 268 g/mol. The quantitative estimate of drug-likeness (QED) is 0.831. The first-order chi connectivity index (χ1) is 8.74. The maximum absolute atomic E-state index is 11.7. The van der Waals surface area contributed by atoms with Gasteiger partial charge in [0.2, 0.25) is 5.91 Å². The summed E-state index contributed by atoms with van der Waals surface area (Å²) >= 11 is 6.05. The third-order valence-electron chi connectivity index (χ3n) is 2.45. The maximum Gasteiger partial charge on any atom is 0.412 e. The first-order valence-corrected chi connectivity index (χ1v) is 6.25. The number of nitrogens with one attached hydrogen (secondary N) is 2. The number of rotatable bonds is 1. The standard InChI is InChI=1S/C13H15ClN2O3/c1-13(2,3)19-12(18)16-10-4-7-5-11(17)15-9(7)6-8(10)14/h4,6H,5H2,1-3H3,(H,15,17)(H,16,18). The van der Waals surface area contributed by atoms with Crippen LogP contribution in [0.3, 0.4) is 0 Å². The van der Waals surface area contributed by atoms with Gasteiger partial charge >= 0.3 is 6.09 Å². The van der Waals surface area contributed by atoms with Gasteiger partial charge in [-0.05, 0) is 38.5 Å². The van der Waals surface area contributed by atoms with Crippen LogP contribution in [0.25, 0.3) is 0 Å². The topological polar surface area (TPSA) is 67.4 Å². The molecule has 19 heavy (non-hydrogen) atoms. The molecule has 0 unspecified atom stereocenters. The summed E-state index contributed by atoms with van der Waals surface area (Å²) in [5.74, 6) is -0.0829. The monoisotopic (exact) mass is 282 g/mol. The van der Waals surface area contributed by atoms with E-state index in [2.05, 4.69) is 10.6 Å². The molecule has 0 radical (unpaired) electrons. The molecule has 0 spiro atoms. The third kappa shape index (κ3) is 3.38. The summed E-state index contributed by atoms with van der Waals surface area (Å²) in [5.41, 5.74) is 1.35. The molecule has 1 aliphatic heterocycles. The van der Waals surface area contributed by atoms with E-state index in [4.69, 9.17) is 16.3 Å². The summed E-state index contributed by atoms with van der Waals surface area (Å²) in [6.45, 7) is 5.33. The van der Waals surface area contributed by atoms with Crippen LogP contribution in [0, 0.1) is 0 Å². The summed E-state index contributed by atoms with van der Waals surface area (Å²) < 4.78 is 5.15. The molecule has 102 valence electrons. The van der Waals surface area contributed by atoms with Crippen LogP contribution in [0.4, 0.5) is 16.2 Å². The fourth-order valence-corrected chi connectivity index (χ4v) is 1.97. The first kappa shape index (κ1) is 13.7. The Bertz CT molecular complexity index is 550. The van der Waals surface area contributed by atoms with Gasteiger partial charge in [0, 0.05) is 5.69 Å². The Kier molecular flexibility index (Phi) is 3.41. The molecule has 6 heteroatoms. The van der Waals surface area contributed by atoms with Crippen molar-refractivity contribution in [3.8, 4) is 0 Å². The largest absolute Gasteiger partial charge is 0.444 e. The van der Waals surface area contributed by atoms with Crippen LogP contribution in [0.15, 0.2) is 12.1 Å². The molecule has 1 aliphatic rings. The number of hydrogen-bond donors (Lipinski definition) is 2. The molecule has 1 aromatic rings. The van der Waals surface area contributed by atoms with Gasteiger partial charge in [0.25, 0.3) is 0 Å². The number of carbonyl (C=O) groups is 2. The van der Waals surface area contributed by atoms with Gasteiger partial charge < -0.3 is 10.1 Å². The Balaban J connectivity index is 2.16. The molecule has 0 saturated carbocycles. The van der Waals surface area contributed by atoms with Crippen molar-refractivity contribution in [1.29, 1.82) is 0 Å². The summed E-state index contributed by atoms with van der Waals surface area (Å²) in [4.78, 5) is 22.9. The van der Waals surface area contributed by atoms with Gasteiger partial charge in [-0.2, -0.15) is 0 Å². The number of hydrogen-bond acceptors (Lipinski definition) is 3. The molecule has 2 amide bonds. The first-order valence-electron chi connectivity index (χ1n) is 5.87. The van der Waals surface area contributed by atoms with Crippen molar-refractivity contribution in [2.24, 2.45) is 0 Å². The average Bonchev–Trinajstić information content (AvgIpc) is 2.55. The van der Waals surface area contributed by atoms with Crippen molar-refractivity contribution < 1.29 is 14.3 Å². The van der Waals surface area contributed by atoms with Gasteiger partial charge in [-0.1, -0.05) is 11.6 Å². The number of anilines is 2. The molecule has 0 atom stereocenters. The molecule has 0 fully saturated rings. The van der Waals surface area contributed by atoms with Crippen LogP contribution in [-0.4, -0.2) is 17.6 Å². The Morgan fingerprint density at radius 2 is 2.11 bits per heavy atom. The van der Waals surface area contributed by atoms with Gasteiger partial charge in [0.05, 0.1) is 17.1 Å². The van der Waals surface area contributed by atoms with E-state index < -0.39 is 11.7 Å². The Morgan fingerprint density at radius 1 is 1.42 bits per heavy atom. The van der Waals surface area contributed by atoms with Crippen LogP contribution in [-0.2, 0) is 16.0 Å². The van der Waals surface area contributed by atoms with E-state index in [0.717, 1.165) is 5.56 Å². The molecule has 2 N–H and O–H groups in total. The average molecular weight is 283 g/mol. The van der Waals surface area contributed by atoms with Crippen LogP contribution >= 0.6 is 11.6 Å². The summed E-state index contributed by atoms with van der Waals surface area (Å²) in [5, 5.41) is 5.62. The second kappa shape index (κ2) is 4.74. The molecule has 2 rings (SSSR count). The summed E-state index contributed by atoms with van der Waals surface area (Å²) in [6.07, 6.45) is -0.290. The van der Waals surface area contributed by atoms with E-state index in [1.165, 1.54) is 0 Å². The molecule has 1 heterocycles. The number of halogens is 1. The Morgan fingerprint density at radius 3 is 2.74 bits per heavy atom. The minimum absolute atomic E-state index is 0.0829. The Labute approximate surface area is 116 Å². The predicted octanol–water partition coefficient (Wildman–Crippen LogP) is 3.18. The zero-order valence-electron chi connectivity index (χ0n) is 11.0. The van der Waals surface area contributed by atoms with E-state index in [0.29, 0.717) is 16.4 Å². The molecule has 1 aromatic carbocycles. The van der Waals surface area contributed by atoms with E-state index >= 15 is 0 Å². The van der Waals surface area contributed by atoms with Gasteiger partial charge in [0.1, 0.15) is 5.60 Å². The van der Waals surface area contributed by atoms with E-state index in [-0.39, 0.29) is 12.3 Å². The zero-order chi connectivity index (χ0) is 14.2. The van der Waals surface area contributed by atoms with Crippen molar-refractivity contribution in [2.75, 3.05) is 10.6 Å². The van der Waals surface area contributed by atoms with Crippen molar-refractivity contribution in [2.45, 2.75) is 32.8 Å². The lowest BCUT2D eigenvalue weighted by Crippen LogP contribution is -2.27. The van der Waals surface area contributed by atoms with E-state index in [1.807, 2.05) is 0 Å². The zero-order valence-corrected chi connectivity index (χ0v) is 11.7. The molecule has 0 bridgehead atoms. The van der Waals surface area contributed by atoms with Crippen molar-refractivity contribution in [3.05, 3.63) is 22.7 Å². The summed E-state index contributed by atoms with van der Waals surface area (Å²) in [6, 6.07) is 3.30. The number of fused-ring (bicyclic) bond motifs is 1. The molecule has 0 aromatic heterocycles. The molecule has 0 saturated heterocycles. The lowest BCUT2D eigenvalue weighted by Gasteiger charge is -2.20. The lowest BCUT2D eigenvalue weighted by atomic mass is 10.1. The highest BCUT2D eigenvalue weighted by Gasteiger charge is 2.21. The smallest absolute Gasteiger partial charge is 0.412 e. The number of carbonyl (C=O) groups excluding carboxylic acids is 2. The molecule has 5 nitrogen and oxygen atoms in total. The summed E-state index contributed by atoms with van der Waals surface area (Å²) in [7, 11) is 0. The minimum atomic E-state index is -0.579. The molecular formula is C13H15ClN2O3. The van der Waals surface area contributed by atoms with Gasteiger partial charge in [-0.15, -0.1) is 0 Å². The van der Waals surface area contributed by atoms with Crippen molar-refractivity contribution in [3.63, 3.8) is 0 Å². The Hall–Kier alpha value is -1.75. The predicted molar refractivity (Wildman–Crippen MR) is 73.6 cm³/mol. The highest BCUT2D eigenvalue weighted by Crippen LogP contribution is 2.33. The van der Waals surface area contributed by atoms with Gasteiger partial charge in [-0.3, -0.25) is 10.1 Å². The fraction of sp³-hybridized carbons (Fsp3) is 0.385. The third-order valence-corrected chi connectivity index (χ3v) is 2.77. The van der Waals surface area contributed by atoms with Crippen LogP contribution in [0.2, 0.25) is 5.02 Å². The van der Waals surface area contributed by atoms with Gasteiger partial charge in [0.15, 0.2) is 0 Å². The highest BCUT2D eigenvalue weighted by molar-refractivity contribution is 6.34. The number of amides is 2. The van der Waals surface area contributed by atoms with Gasteiger partial charge in [-0.25, -0.2) is 4.79 Å². The second-order valence-electron chi connectivity index (χ2n) is 5.34. The fourth-order valence-electron chi connectivity index (χ4n) is 1.76. The normalized spacial score (nSPS) is 13.8. The second-order valence-corrected chi connectivity index (χ2v) is 5.75. The van der Waals surface area contributed by atoms with Crippen LogP contribution in [0.1, 0.15) is 26.3 Å². The van der Waals surface area contributed by atoms with Crippen molar-refractivity contribution in [1.82, 2.24) is 0 Å². The number of benzene rings is 1. The SMILES string of the molecule is CC(C)(C)OC(=O)Nc1cc2c(cc1Cl)NC(=O)C2. The van der Waals surface area contributed by atoms with E-state index in [1.54, 1.807) is 32.9 Å². The van der Waals surface area contributed by atoms with Crippen molar-refractivity contribution >= 4 is 35.0 Å².